The van der Waals surface area contributed by atoms with Crippen molar-refractivity contribution in [2.75, 3.05) is 6.54 Å². The Balaban J connectivity index is 2.22. The third kappa shape index (κ3) is 6.72. The van der Waals surface area contributed by atoms with Gasteiger partial charge in [-0.3, -0.25) is 4.79 Å². The fourth-order valence-corrected chi connectivity index (χ4v) is 3.43. The van der Waals surface area contributed by atoms with E-state index in [0.29, 0.717) is 6.54 Å². The zero-order valence-electron chi connectivity index (χ0n) is 19.5. The lowest BCUT2D eigenvalue weighted by Crippen LogP contribution is -2.26. The lowest BCUT2D eigenvalue weighted by Gasteiger charge is -2.28. The van der Waals surface area contributed by atoms with Crippen molar-refractivity contribution in [1.82, 2.24) is 5.32 Å². The Morgan fingerprint density at radius 2 is 1.58 bits per heavy atom. The maximum Gasteiger partial charge on any atom is 0.261 e. The van der Waals surface area contributed by atoms with Crippen molar-refractivity contribution in [2.24, 2.45) is 0 Å². The van der Waals surface area contributed by atoms with Gasteiger partial charge in [-0.05, 0) is 53.0 Å². The average molecular weight is 419 g/mol. The highest BCUT2D eigenvalue weighted by Crippen LogP contribution is 2.40. The van der Waals surface area contributed by atoms with Crippen LogP contribution in [0.25, 0.3) is 6.08 Å². The van der Waals surface area contributed by atoms with Crippen LogP contribution in [0.3, 0.4) is 0 Å². The number of hydrogen-bond donors (Lipinski definition) is 2. The van der Waals surface area contributed by atoms with Gasteiger partial charge < -0.3 is 10.4 Å². The Morgan fingerprint density at radius 3 is 2.06 bits per heavy atom. The fourth-order valence-electron chi connectivity index (χ4n) is 3.43. The van der Waals surface area contributed by atoms with E-state index >= 15 is 0 Å². The molecule has 0 aliphatic rings. The molecule has 0 aromatic heterocycles. The summed E-state index contributed by atoms with van der Waals surface area (Å²) in [6.45, 7) is 12.7. The number of phenolic OH excluding ortho intramolecular Hbond substituents is 1. The summed E-state index contributed by atoms with van der Waals surface area (Å²) in [5.41, 5.74) is 3.06. The van der Waals surface area contributed by atoms with Crippen molar-refractivity contribution in [3.05, 3.63) is 70.3 Å². The van der Waals surface area contributed by atoms with Crippen LogP contribution in [0.2, 0.25) is 0 Å². The number of rotatable bonds is 6. The molecule has 4 nitrogen and oxygen atoms in total. The molecule has 4 heteroatoms. The zero-order valence-corrected chi connectivity index (χ0v) is 19.5. The molecule has 0 atom stereocenters. The molecule has 0 saturated carbocycles. The molecule has 2 rings (SSSR count). The van der Waals surface area contributed by atoms with Gasteiger partial charge in [0, 0.05) is 17.7 Å². The van der Waals surface area contributed by atoms with E-state index in [-0.39, 0.29) is 28.1 Å². The first-order valence-corrected chi connectivity index (χ1v) is 10.8. The Bertz CT molecular complexity index is 950. The molecule has 0 saturated heterocycles. The number of aromatic hydroxyl groups is 1. The summed E-state index contributed by atoms with van der Waals surface area (Å²) in [6, 6.07) is 15.9. The molecular formula is C27H34N2O2. The second kappa shape index (κ2) is 9.83. The predicted octanol–water partition coefficient (Wildman–Crippen LogP) is 5.64. The largest absolute Gasteiger partial charge is 0.507 e. The Morgan fingerprint density at radius 1 is 1.03 bits per heavy atom. The van der Waals surface area contributed by atoms with Crippen molar-refractivity contribution in [1.29, 1.82) is 5.26 Å². The van der Waals surface area contributed by atoms with Crippen molar-refractivity contribution in [3.8, 4) is 11.8 Å². The topological polar surface area (TPSA) is 73.1 Å². The number of nitrogens with zero attached hydrogens (tertiary/aromatic N) is 1. The van der Waals surface area contributed by atoms with Crippen LogP contribution >= 0.6 is 0 Å². The van der Waals surface area contributed by atoms with Crippen molar-refractivity contribution in [2.45, 2.75) is 65.2 Å². The quantitative estimate of drug-likeness (QED) is 0.362. The van der Waals surface area contributed by atoms with E-state index in [1.54, 1.807) is 6.08 Å². The number of carbonyl (C=O) groups excluding carboxylic acids is 1. The van der Waals surface area contributed by atoms with Gasteiger partial charge in [0.1, 0.15) is 17.4 Å². The number of nitriles is 1. The lowest BCUT2D eigenvalue weighted by molar-refractivity contribution is -0.117. The van der Waals surface area contributed by atoms with E-state index < -0.39 is 0 Å². The van der Waals surface area contributed by atoms with Crippen LogP contribution in [-0.4, -0.2) is 17.6 Å². The summed E-state index contributed by atoms with van der Waals surface area (Å²) in [5.74, 6) is -0.0979. The van der Waals surface area contributed by atoms with Crippen molar-refractivity contribution >= 4 is 12.0 Å². The van der Waals surface area contributed by atoms with Crippen LogP contribution in [0, 0.1) is 11.3 Å². The van der Waals surface area contributed by atoms with Gasteiger partial charge >= 0.3 is 0 Å². The van der Waals surface area contributed by atoms with E-state index in [0.717, 1.165) is 29.5 Å². The van der Waals surface area contributed by atoms with E-state index in [4.69, 9.17) is 0 Å². The first kappa shape index (κ1) is 24.2. The van der Waals surface area contributed by atoms with Crippen molar-refractivity contribution in [3.63, 3.8) is 0 Å². The molecule has 0 aliphatic carbocycles. The van der Waals surface area contributed by atoms with Crippen LogP contribution in [0.15, 0.2) is 48.0 Å². The van der Waals surface area contributed by atoms with Gasteiger partial charge in [0.15, 0.2) is 0 Å². The molecule has 164 valence electrons. The van der Waals surface area contributed by atoms with Gasteiger partial charge in [-0.2, -0.15) is 5.26 Å². The number of aryl methyl sites for hydroxylation is 1. The normalized spacial score (nSPS) is 12.4. The maximum absolute atomic E-state index is 12.6. The molecule has 31 heavy (non-hydrogen) atoms. The Kier molecular flexibility index (Phi) is 7.68. The van der Waals surface area contributed by atoms with Gasteiger partial charge in [0.05, 0.1) is 0 Å². The van der Waals surface area contributed by atoms with Gasteiger partial charge in [0.25, 0.3) is 5.91 Å². The summed E-state index contributed by atoms with van der Waals surface area (Å²) in [5, 5.41) is 23.3. The van der Waals surface area contributed by atoms with E-state index in [1.807, 2.05) is 77.9 Å². The van der Waals surface area contributed by atoms with Gasteiger partial charge in [-0.15, -0.1) is 0 Å². The van der Waals surface area contributed by atoms with Gasteiger partial charge in [-0.1, -0.05) is 71.9 Å². The summed E-state index contributed by atoms with van der Waals surface area (Å²) in [7, 11) is 0. The summed E-state index contributed by atoms with van der Waals surface area (Å²) in [6.07, 6.45) is 3.28. The molecule has 0 unspecified atom stereocenters. The molecule has 2 N–H and O–H groups in total. The predicted molar refractivity (Wildman–Crippen MR) is 127 cm³/mol. The molecular weight excluding hydrogens is 384 g/mol. The minimum Gasteiger partial charge on any atom is -0.507 e. The second-order valence-corrected chi connectivity index (χ2v) is 9.98. The third-order valence-electron chi connectivity index (χ3n) is 5.19. The van der Waals surface area contributed by atoms with Crippen LogP contribution in [0.1, 0.15) is 70.2 Å². The molecule has 0 bridgehead atoms. The van der Waals surface area contributed by atoms with Crippen LogP contribution in [0.4, 0.5) is 0 Å². The third-order valence-corrected chi connectivity index (χ3v) is 5.19. The Hall–Kier alpha value is -3.06. The number of carbonyl (C=O) groups is 1. The molecule has 2 aromatic carbocycles. The monoisotopic (exact) mass is 418 g/mol. The van der Waals surface area contributed by atoms with Crippen LogP contribution in [-0.2, 0) is 22.0 Å². The summed E-state index contributed by atoms with van der Waals surface area (Å²) in [4.78, 5) is 12.6. The first-order valence-electron chi connectivity index (χ1n) is 10.8. The molecule has 0 spiro atoms. The minimum absolute atomic E-state index is 0.0603. The molecule has 0 radical (unpaired) electrons. The number of phenols is 1. The Labute approximate surface area is 186 Å². The van der Waals surface area contributed by atoms with E-state index in [1.165, 1.54) is 5.56 Å². The lowest BCUT2D eigenvalue weighted by atomic mass is 9.78. The first-order chi connectivity index (χ1) is 14.4. The highest BCUT2D eigenvalue weighted by atomic mass is 16.3. The molecule has 1 amide bonds. The smallest absolute Gasteiger partial charge is 0.261 e. The maximum atomic E-state index is 12.6. The average Bonchev–Trinajstić information content (AvgIpc) is 2.69. The van der Waals surface area contributed by atoms with Crippen LogP contribution in [0.5, 0.6) is 5.75 Å². The number of hydrogen-bond acceptors (Lipinski definition) is 3. The summed E-state index contributed by atoms with van der Waals surface area (Å²) >= 11 is 0. The highest BCUT2D eigenvalue weighted by molar-refractivity contribution is 6.01. The second-order valence-electron chi connectivity index (χ2n) is 9.98. The number of amides is 1. The van der Waals surface area contributed by atoms with E-state index in [2.05, 4.69) is 17.4 Å². The van der Waals surface area contributed by atoms with Crippen molar-refractivity contribution < 1.29 is 9.90 Å². The minimum atomic E-state index is -0.377. The fraction of sp³-hybridized carbons (Fsp3) is 0.407. The molecule has 2 aromatic rings. The highest BCUT2D eigenvalue weighted by Gasteiger charge is 2.26. The number of nitrogens with one attached hydrogen (secondary N) is 1. The molecule has 0 heterocycles. The molecule has 0 fully saturated rings. The zero-order chi connectivity index (χ0) is 23.2. The SMILES string of the molecule is CC(C)(C)c1cc(/C=C(\C#N)C(=O)NCCCc2ccccc2)cc(C(C)(C)C)c1O. The van der Waals surface area contributed by atoms with Gasteiger partial charge in [-0.25, -0.2) is 0 Å². The molecule has 0 aliphatic heterocycles. The van der Waals surface area contributed by atoms with E-state index in [9.17, 15) is 15.2 Å². The van der Waals surface area contributed by atoms with Gasteiger partial charge in [0.2, 0.25) is 0 Å². The number of benzene rings is 2. The standard InChI is InChI=1S/C27H34N2O2/c1-26(2,3)22-16-20(17-23(24(22)30)27(4,5)6)15-21(18-28)25(31)29-14-10-13-19-11-8-7-9-12-19/h7-9,11-12,15-17,30H,10,13-14H2,1-6H3,(H,29,31)/b21-15+. The summed E-state index contributed by atoms with van der Waals surface area (Å²) < 4.78 is 0. The van der Waals surface area contributed by atoms with Crippen LogP contribution < -0.4 is 5.32 Å².